The minimum Gasteiger partial charge on any atom is -0.442 e. The van der Waals surface area contributed by atoms with Gasteiger partial charge in [-0.1, -0.05) is 0 Å². The van der Waals surface area contributed by atoms with E-state index in [4.69, 9.17) is 28.5 Å². The van der Waals surface area contributed by atoms with Gasteiger partial charge in [0.2, 0.25) is 17.7 Å². The number of aliphatic hydroxyl groups excluding tert-OH is 5. The molecule has 254 valence electrons. The molecule has 2 saturated heterocycles. The van der Waals surface area contributed by atoms with E-state index >= 15 is 0 Å². The fourth-order valence-corrected chi connectivity index (χ4v) is 4.38. The first-order valence-electron chi connectivity index (χ1n) is 13.8. The highest BCUT2D eigenvalue weighted by atomic mass is 16.7. The maximum atomic E-state index is 12.1. The van der Waals surface area contributed by atoms with Crippen molar-refractivity contribution in [1.29, 1.82) is 0 Å². The summed E-state index contributed by atoms with van der Waals surface area (Å²) in [5.74, 6) is -1.84. The molecule has 19 heteroatoms. The third kappa shape index (κ3) is 11.3. The number of nitrogens with one attached hydrogen (secondary N) is 4. The molecule has 0 aromatic heterocycles. The van der Waals surface area contributed by atoms with E-state index in [1.165, 1.54) is 6.92 Å². The summed E-state index contributed by atoms with van der Waals surface area (Å²) in [5, 5.41) is 58.7. The number of ether oxygens (including phenoxy) is 5. The number of aliphatic hydroxyl groups is 5. The van der Waals surface area contributed by atoms with E-state index in [0.29, 0.717) is 0 Å². The van der Waals surface area contributed by atoms with Crippen LogP contribution in [0.2, 0.25) is 0 Å². The Bertz CT molecular complexity index is 966. The molecule has 9 N–H and O–H groups in total. The van der Waals surface area contributed by atoms with Gasteiger partial charge in [0, 0.05) is 20.4 Å². The lowest BCUT2D eigenvalue weighted by Gasteiger charge is -2.48. The van der Waals surface area contributed by atoms with Crippen LogP contribution in [0.5, 0.6) is 0 Å². The summed E-state index contributed by atoms with van der Waals surface area (Å²) in [6.45, 7) is 4.97. The van der Waals surface area contributed by atoms with Gasteiger partial charge in [-0.3, -0.25) is 19.2 Å². The van der Waals surface area contributed by atoms with Crippen LogP contribution in [0.15, 0.2) is 0 Å². The molecule has 0 spiro atoms. The topological polar surface area (TPSA) is 273 Å². The van der Waals surface area contributed by atoms with Crippen molar-refractivity contribution in [1.82, 2.24) is 21.4 Å². The lowest BCUT2D eigenvalue weighted by Crippen LogP contribution is -2.69. The number of hydrogen-bond acceptors (Lipinski definition) is 15. The quantitative estimate of drug-likeness (QED) is 0.0678. The average molecular weight is 641 g/mol. The van der Waals surface area contributed by atoms with Gasteiger partial charge in [-0.05, 0) is 20.8 Å². The third-order valence-corrected chi connectivity index (χ3v) is 6.23. The molecule has 10 atom stereocenters. The van der Waals surface area contributed by atoms with Gasteiger partial charge >= 0.3 is 6.09 Å². The number of hydrogen-bond donors (Lipinski definition) is 9. The van der Waals surface area contributed by atoms with Gasteiger partial charge in [0.25, 0.3) is 0 Å². The molecule has 44 heavy (non-hydrogen) atoms. The maximum Gasteiger partial charge on any atom is 0.431 e. The van der Waals surface area contributed by atoms with Crippen molar-refractivity contribution in [3.63, 3.8) is 0 Å². The molecule has 0 saturated carbocycles. The van der Waals surface area contributed by atoms with Gasteiger partial charge in [0.1, 0.15) is 54.3 Å². The number of hydroxylamine groups is 1. The molecule has 19 nitrogen and oxygen atoms in total. The van der Waals surface area contributed by atoms with Crippen molar-refractivity contribution in [3.05, 3.63) is 0 Å². The fraction of sp³-hybridized carbons (Fsp3) is 0.840. The molecule has 0 bridgehead atoms. The number of carbonyl (C=O) groups is 4. The van der Waals surface area contributed by atoms with Crippen molar-refractivity contribution in [2.24, 2.45) is 0 Å². The highest BCUT2D eigenvalue weighted by Gasteiger charge is 2.52. The molecule has 10 unspecified atom stereocenters. The summed E-state index contributed by atoms with van der Waals surface area (Å²) in [6, 6.07) is -2.63. The normalized spacial score (nSPS) is 32.3. The predicted molar refractivity (Wildman–Crippen MR) is 144 cm³/mol. The number of carbonyl (C=O) groups excluding carboxylic acids is 4. The van der Waals surface area contributed by atoms with Gasteiger partial charge in [-0.15, -0.1) is 0 Å². The van der Waals surface area contributed by atoms with Crippen molar-refractivity contribution in [3.8, 4) is 0 Å². The largest absolute Gasteiger partial charge is 0.442 e. The SMILES string of the molecule is CC(=O)NC1C(OC2C(O)C(CO)OC(OCCNC(=O)CONC(=O)OC(C)(C)C)C2NC(C)=O)OC(CO)C(O)C1O. The van der Waals surface area contributed by atoms with Gasteiger partial charge < -0.3 is 65.2 Å². The molecule has 0 aromatic carbocycles. The molecule has 2 aliphatic heterocycles. The highest BCUT2D eigenvalue weighted by Crippen LogP contribution is 2.29. The van der Waals surface area contributed by atoms with E-state index in [0.717, 1.165) is 6.92 Å². The first kappa shape index (κ1) is 37.5. The van der Waals surface area contributed by atoms with Crippen LogP contribution in [0.1, 0.15) is 34.6 Å². The Labute approximate surface area is 253 Å². The summed E-state index contributed by atoms with van der Waals surface area (Å²) in [5.41, 5.74) is 1.20. The zero-order valence-electron chi connectivity index (χ0n) is 25.1. The Morgan fingerprint density at radius 3 is 1.95 bits per heavy atom. The monoisotopic (exact) mass is 640 g/mol. The molecule has 0 aromatic rings. The number of rotatable bonds is 13. The zero-order chi connectivity index (χ0) is 33.2. The summed E-state index contributed by atoms with van der Waals surface area (Å²) in [7, 11) is 0. The van der Waals surface area contributed by atoms with Crippen molar-refractivity contribution < 1.29 is 73.2 Å². The Hall–Kier alpha value is -2.72. The second-order valence-corrected chi connectivity index (χ2v) is 11.1. The molecule has 2 fully saturated rings. The smallest absolute Gasteiger partial charge is 0.431 e. The van der Waals surface area contributed by atoms with Crippen LogP contribution < -0.4 is 21.4 Å². The van der Waals surface area contributed by atoms with Crippen LogP contribution in [-0.4, -0.2) is 149 Å². The molecule has 4 amide bonds. The summed E-state index contributed by atoms with van der Waals surface area (Å²) >= 11 is 0. The van der Waals surface area contributed by atoms with Crippen molar-refractivity contribution in [2.45, 2.75) is 102 Å². The zero-order valence-corrected chi connectivity index (χ0v) is 25.1. The van der Waals surface area contributed by atoms with Crippen LogP contribution >= 0.6 is 0 Å². The minimum absolute atomic E-state index is 0.0995. The van der Waals surface area contributed by atoms with E-state index in [2.05, 4.69) is 16.0 Å². The van der Waals surface area contributed by atoms with Gasteiger partial charge in [0.05, 0.1) is 19.8 Å². The highest BCUT2D eigenvalue weighted by molar-refractivity contribution is 5.77. The Morgan fingerprint density at radius 2 is 1.39 bits per heavy atom. The van der Waals surface area contributed by atoms with Crippen LogP contribution in [0.4, 0.5) is 4.79 Å². The summed E-state index contributed by atoms with van der Waals surface area (Å²) in [4.78, 5) is 52.3. The first-order valence-corrected chi connectivity index (χ1v) is 13.8. The van der Waals surface area contributed by atoms with Gasteiger partial charge in [-0.2, -0.15) is 5.48 Å². The minimum atomic E-state index is -1.65. The summed E-state index contributed by atoms with van der Waals surface area (Å²) in [6.07, 6.45) is -12.7. The summed E-state index contributed by atoms with van der Waals surface area (Å²) < 4.78 is 27.8. The molecular formula is C25H44N4O15. The van der Waals surface area contributed by atoms with Gasteiger partial charge in [0.15, 0.2) is 19.2 Å². The molecule has 2 heterocycles. The lowest BCUT2D eigenvalue weighted by atomic mass is 9.94. The molecule has 2 aliphatic rings. The second kappa shape index (κ2) is 17.1. The second-order valence-electron chi connectivity index (χ2n) is 11.1. The average Bonchev–Trinajstić information content (AvgIpc) is 2.91. The lowest BCUT2D eigenvalue weighted by molar-refractivity contribution is -0.328. The van der Waals surface area contributed by atoms with Crippen LogP contribution in [0, 0.1) is 0 Å². The Morgan fingerprint density at radius 1 is 0.818 bits per heavy atom. The van der Waals surface area contributed by atoms with E-state index in [1.807, 2.05) is 5.48 Å². The van der Waals surface area contributed by atoms with Crippen LogP contribution in [0.3, 0.4) is 0 Å². The van der Waals surface area contributed by atoms with Crippen molar-refractivity contribution in [2.75, 3.05) is 33.0 Å². The van der Waals surface area contributed by atoms with Crippen molar-refractivity contribution >= 4 is 23.8 Å². The first-order chi connectivity index (χ1) is 20.6. The third-order valence-electron chi connectivity index (χ3n) is 6.23. The predicted octanol–water partition coefficient (Wildman–Crippen LogP) is -4.51. The van der Waals surface area contributed by atoms with E-state index in [-0.39, 0.29) is 13.2 Å². The Kier molecular flexibility index (Phi) is 14.6. The molecule has 0 radical (unpaired) electrons. The molecular weight excluding hydrogens is 596 g/mol. The van der Waals surface area contributed by atoms with E-state index in [1.54, 1.807) is 20.8 Å². The van der Waals surface area contributed by atoms with Gasteiger partial charge in [-0.25, -0.2) is 4.79 Å². The molecule has 0 aliphatic carbocycles. The van der Waals surface area contributed by atoms with Crippen LogP contribution in [0.25, 0.3) is 0 Å². The maximum absolute atomic E-state index is 12.1. The Balaban J connectivity index is 2.08. The van der Waals surface area contributed by atoms with E-state index in [9.17, 15) is 44.7 Å². The number of amides is 4. The van der Waals surface area contributed by atoms with E-state index < -0.39 is 111 Å². The van der Waals surface area contributed by atoms with Crippen LogP contribution in [-0.2, 0) is 42.9 Å². The fourth-order valence-electron chi connectivity index (χ4n) is 4.38. The standard InChI is InChI=1S/C25H44N4O15/c1-11(32)27-16-20(37)18(35)13(8-30)42-23(16)43-21-17(28-12(2)33)22(41-14(9-31)19(21)36)39-7-6-26-15(34)10-40-29-24(38)44-25(3,4)5/h13-14,16-23,30-31,35-37H,6-10H2,1-5H3,(H,26,34)(H,27,32)(H,28,33)(H,29,38). The molecule has 2 rings (SSSR count).